The van der Waals surface area contributed by atoms with E-state index in [2.05, 4.69) is 30.8 Å². The maximum atomic E-state index is 15.0. The third kappa shape index (κ3) is 9.47. The summed E-state index contributed by atoms with van der Waals surface area (Å²) in [5.74, 6) is -3.38. The van der Waals surface area contributed by atoms with Gasteiger partial charge in [0.1, 0.15) is 11.6 Å². The third-order valence-electron chi connectivity index (χ3n) is 10.3. The number of esters is 1. The number of piperidine rings is 1. The molecule has 0 bridgehead atoms. The van der Waals surface area contributed by atoms with Crippen LogP contribution in [0.1, 0.15) is 56.5 Å². The Morgan fingerprint density at radius 3 is 2.41 bits per heavy atom. The number of aryl methyl sites for hydroxylation is 1. The Balaban J connectivity index is 1.03. The van der Waals surface area contributed by atoms with Crippen molar-refractivity contribution in [3.8, 4) is 17.0 Å². The molecule has 0 aliphatic carbocycles. The summed E-state index contributed by atoms with van der Waals surface area (Å²) in [5, 5.41) is 8.77. The van der Waals surface area contributed by atoms with Crippen molar-refractivity contribution in [3.05, 3.63) is 71.7 Å². The molecular weight excluding hydrogens is 754 g/mol. The number of hydrogen-bond acceptors (Lipinski definition) is 11. The first-order valence-corrected chi connectivity index (χ1v) is 19.3. The normalized spacial score (nSPS) is 15.7. The smallest absolute Gasteiger partial charge is 0.410 e. The third-order valence-corrected chi connectivity index (χ3v) is 10.3. The van der Waals surface area contributed by atoms with E-state index < -0.39 is 35.2 Å². The van der Waals surface area contributed by atoms with Gasteiger partial charge in [0.05, 0.1) is 26.1 Å². The minimum absolute atomic E-state index is 0.00257. The van der Waals surface area contributed by atoms with Crippen LogP contribution in [0.3, 0.4) is 0 Å². The number of rotatable bonds is 13. The van der Waals surface area contributed by atoms with Gasteiger partial charge in [-0.15, -0.1) is 0 Å². The highest BCUT2D eigenvalue weighted by molar-refractivity contribution is 5.97. The number of ether oxygens (including phenoxy) is 3. The number of carbonyl (C=O) groups is 4. The van der Waals surface area contributed by atoms with Crippen molar-refractivity contribution in [2.24, 2.45) is 11.8 Å². The molecule has 6 rings (SSSR count). The highest BCUT2D eigenvalue weighted by Crippen LogP contribution is 2.32. The van der Waals surface area contributed by atoms with Crippen LogP contribution in [-0.2, 0) is 25.5 Å². The van der Waals surface area contributed by atoms with Crippen molar-refractivity contribution < 1.29 is 42.2 Å². The maximum Gasteiger partial charge on any atom is 0.410 e. The van der Waals surface area contributed by atoms with Gasteiger partial charge in [0.2, 0.25) is 11.7 Å². The van der Waals surface area contributed by atoms with Gasteiger partial charge in [-0.05, 0) is 89.0 Å². The van der Waals surface area contributed by atoms with Crippen molar-refractivity contribution in [1.82, 2.24) is 34.8 Å². The number of fused-ring (bicyclic) bond motifs is 1. The Morgan fingerprint density at radius 1 is 1.00 bits per heavy atom. The van der Waals surface area contributed by atoms with Crippen LogP contribution < -0.4 is 20.7 Å². The number of imidazole rings is 1. The summed E-state index contributed by atoms with van der Waals surface area (Å²) < 4.78 is 46.3. The molecule has 2 aliphatic heterocycles. The second kappa shape index (κ2) is 17.7. The molecule has 4 heterocycles. The molecule has 0 saturated carbocycles. The summed E-state index contributed by atoms with van der Waals surface area (Å²) in [7, 11) is 2.49. The van der Waals surface area contributed by atoms with Crippen LogP contribution in [0, 0.1) is 23.5 Å². The van der Waals surface area contributed by atoms with Crippen LogP contribution in [0.25, 0.3) is 16.9 Å². The Morgan fingerprint density at radius 2 is 1.74 bits per heavy atom. The topological polar surface area (TPSA) is 169 Å². The number of nitrogens with zero attached hydrogens (tertiary/aromatic N) is 5. The molecule has 2 fully saturated rings. The van der Waals surface area contributed by atoms with Crippen LogP contribution in [-0.4, -0.2) is 113 Å². The van der Waals surface area contributed by atoms with Gasteiger partial charge in [0, 0.05) is 67.2 Å². The van der Waals surface area contributed by atoms with E-state index in [-0.39, 0.29) is 35.8 Å². The average molecular weight is 805 g/mol. The lowest BCUT2D eigenvalue weighted by atomic mass is 9.93. The molecule has 2 saturated heterocycles. The molecule has 2 aliphatic rings. The number of nitrogens with one attached hydrogen (secondary N) is 3. The number of anilines is 2. The molecule has 15 nitrogen and oxygen atoms in total. The van der Waals surface area contributed by atoms with Crippen LogP contribution in [0.4, 0.5) is 25.1 Å². The molecule has 0 unspecified atom stereocenters. The fraction of sp³-hybridized carbons (Fsp3) is 0.463. The van der Waals surface area contributed by atoms with Crippen molar-refractivity contribution in [2.45, 2.75) is 58.6 Å². The lowest BCUT2D eigenvalue weighted by Crippen LogP contribution is -2.56. The molecule has 3 amide bonds. The van der Waals surface area contributed by atoms with E-state index in [1.54, 1.807) is 33.7 Å². The highest BCUT2D eigenvalue weighted by Gasteiger charge is 2.36. The van der Waals surface area contributed by atoms with E-state index >= 15 is 0 Å². The van der Waals surface area contributed by atoms with Gasteiger partial charge in [0.25, 0.3) is 5.91 Å². The summed E-state index contributed by atoms with van der Waals surface area (Å²) >= 11 is 0. The van der Waals surface area contributed by atoms with Gasteiger partial charge in [-0.3, -0.25) is 14.0 Å². The van der Waals surface area contributed by atoms with Crippen molar-refractivity contribution in [3.63, 3.8) is 0 Å². The molecular formula is C41H50F2N8O7. The lowest BCUT2D eigenvalue weighted by Gasteiger charge is -2.43. The molecule has 310 valence electrons. The fourth-order valence-corrected chi connectivity index (χ4v) is 7.23. The minimum atomic E-state index is -1.10. The number of hydrogen-bond donors (Lipinski definition) is 3. The molecule has 4 aromatic rings. The maximum absolute atomic E-state index is 15.0. The first kappa shape index (κ1) is 41.8. The van der Waals surface area contributed by atoms with Crippen molar-refractivity contribution >= 4 is 41.0 Å². The Hall–Kier alpha value is -5.84. The van der Waals surface area contributed by atoms with Gasteiger partial charge in [-0.2, -0.15) is 4.39 Å². The minimum Gasteiger partial charge on any atom is -0.494 e. The quantitative estimate of drug-likeness (QED) is 0.156. The van der Waals surface area contributed by atoms with E-state index in [0.717, 1.165) is 6.54 Å². The molecule has 2 aromatic carbocycles. The number of amides is 3. The van der Waals surface area contributed by atoms with E-state index in [1.807, 2.05) is 27.7 Å². The summed E-state index contributed by atoms with van der Waals surface area (Å²) in [4.78, 5) is 64.6. The largest absolute Gasteiger partial charge is 0.494 e. The van der Waals surface area contributed by atoms with Crippen molar-refractivity contribution in [2.75, 3.05) is 58.8 Å². The van der Waals surface area contributed by atoms with Crippen LogP contribution in [0.15, 0.2) is 48.9 Å². The molecule has 1 atom stereocenters. The van der Waals surface area contributed by atoms with Crippen LogP contribution in [0.5, 0.6) is 5.75 Å². The molecule has 0 radical (unpaired) electrons. The fourth-order valence-electron chi connectivity index (χ4n) is 7.23. The monoisotopic (exact) mass is 804 g/mol. The van der Waals surface area contributed by atoms with Gasteiger partial charge < -0.3 is 40.0 Å². The molecule has 2 aromatic heterocycles. The van der Waals surface area contributed by atoms with Crippen LogP contribution in [0.2, 0.25) is 0 Å². The Kier molecular flexibility index (Phi) is 12.8. The number of carbonyl (C=O) groups excluding carboxylic acids is 4. The van der Waals surface area contributed by atoms with Gasteiger partial charge in [-0.1, -0.05) is 6.92 Å². The molecule has 17 heteroatoms. The summed E-state index contributed by atoms with van der Waals surface area (Å²) in [6.45, 7) is 10.8. The van der Waals surface area contributed by atoms with Crippen molar-refractivity contribution in [1.29, 1.82) is 0 Å². The second-order valence-electron chi connectivity index (χ2n) is 15.5. The number of halogens is 2. The predicted molar refractivity (Wildman–Crippen MR) is 211 cm³/mol. The average Bonchev–Trinajstić information content (AvgIpc) is 3.62. The van der Waals surface area contributed by atoms with E-state index in [1.165, 1.54) is 38.7 Å². The number of benzene rings is 2. The molecule has 58 heavy (non-hydrogen) atoms. The zero-order valence-electron chi connectivity index (χ0n) is 33.6. The molecule has 0 spiro atoms. The van der Waals surface area contributed by atoms with E-state index in [9.17, 15) is 28.0 Å². The number of methoxy groups -OCH3 is 2. The number of likely N-dealkylation sites (tertiary alicyclic amines) is 2. The highest BCUT2D eigenvalue weighted by atomic mass is 19.2. The summed E-state index contributed by atoms with van der Waals surface area (Å²) in [6, 6.07) is 6.79. The van der Waals surface area contributed by atoms with Crippen LogP contribution >= 0.6 is 0 Å². The summed E-state index contributed by atoms with van der Waals surface area (Å²) in [5.41, 5.74) is 1.80. The van der Waals surface area contributed by atoms with Gasteiger partial charge in [-0.25, -0.2) is 23.9 Å². The van der Waals surface area contributed by atoms with E-state index in [4.69, 9.17) is 14.2 Å². The first-order valence-electron chi connectivity index (χ1n) is 19.3. The second-order valence-corrected chi connectivity index (χ2v) is 15.5. The predicted octanol–water partition coefficient (Wildman–Crippen LogP) is 4.96. The number of aromatic nitrogens is 3. The van der Waals surface area contributed by atoms with Gasteiger partial charge in [0.15, 0.2) is 23.0 Å². The summed E-state index contributed by atoms with van der Waals surface area (Å²) in [6.07, 6.45) is 5.93. The zero-order chi connectivity index (χ0) is 41.7. The zero-order valence-corrected chi connectivity index (χ0v) is 33.6. The van der Waals surface area contributed by atoms with E-state index in [0.29, 0.717) is 85.3 Å². The standard InChI is InChI=1S/C41H50F2N8O7/c1-7-25-18-27(47-35-36-45-20-31(51(36)17-14-44-35)29-10-11-32(56-5)34(43)33(29)42)8-9-28(25)38(53)46-19-30(39(54)57-6)48-37(52)26-12-15-49(16-13-26)21-24-22-50(23-24)40(55)58-41(2,3)4/h8-11,14,17-18,20,24,26,30H,7,12-13,15-16,19,21-23H2,1-6H3,(H,44,47)(H,46,53)(H,48,52)/t30-/m0/s1. The molecule has 3 N–H and O–H groups in total. The lowest BCUT2D eigenvalue weighted by molar-refractivity contribution is -0.145. The Labute approximate surface area is 335 Å². The SMILES string of the molecule is CCc1cc(Nc2nccn3c(-c4ccc(OC)c(F)c4F)cnc23)ccc1C(=O)NC[C@H](NC(=O)C1CCN(CC2CN(C(=O)OC(C)(C)C)C2)CC1)C(=O)OC. The Bertz CT molecular complexity index is 2160. The van der Waals surface area contributed by atoms with Gasteiger partial charge >= 0.3 is 12.1 Å². The first-order chi connectivity index (χ1) is 27.7.